The lowest BCUT2D eigenvalue weighted by atomic mass is 10.0. The van der Waals surface area contributed by atoms with Crippen LogP contribution < -0.4 is 5.73 Å². The highest BCUT2D eigenvalue weighted by atomic mass is 16.3. The highest BCUT2D eigenvalue weighted by Crippen LogP contribution is 2.14. The minimum absolute atomic E-state index is 0.128. The number of nitroso groups, excluding NO2 is 1. The van der Waals surface area contributed by atoms with Crippen LogP contribution in [0.2, 0.25) is 0 Å². The van der Waals surface area contributed by atoms with Crippen LogP contribution >= 0.6 is 0 Å². The molecular formula is C11H20N2O3. The van der Waals surface area contributed by atoms with E-state index in [1.807, 2.05) is 20.8 Å². The van der Waals surface area contributed by atoms with E-state index < -0.39 is 11.8 Å². The summed E-state index contributed by atoms with van der Waals surface area (Å²) in [4.78, 5) is 31.9. The number of nitrogens with zero attached hydrogens (tertiary/aromatic N) is 1. The molecule has 0 aromatic carbocycles. The van der Waals surface area contributed by atoms with E-state index in [4.69, 9.17) is 5.73 Å². The Bertz CT molecular complexity index is 283. The van der Waals surface area contributed by atoms with Gasteiger partial charge in [-0.25, -0.2) is 0 Å². The van der Waals surface area contributed by atoms with Crippen molar-refractivity contribution in [3.05, 3.63) is 16.1 Å². The molecule has 0 bridgehead atoms. The van der Waals surface area contributed by atoms with Gasteiger partial charge in [0.1, 0.15) is 0 Å². The highest BCUT2D eigenvalue weighted by molar-refractivity contribution is 6.03. The SMILES string of the molecule is CC.CCCC/C(C(=O)N=O)=C(\C)C(N)=O. The summed E-state index contributed by atoms with van der Waals surface area (Å²) in [5.41, 5.74) is 5.27. The van der Waals surface area contributed by atoms with E-state index in [9.17, 15) is 14.5 Å². The highest BCUT2D eigenvalue weighted by Gasteiger charge is 2.15. The minimum Gasteiger partial charge on any atom is -0.366 e. The van der Waals surface area contributed by atoms with Crippen LogP contribution in [0, 0.1) is 4.91 Å². The zero-order valence-electron chi connectivity index (χ0n) is 10.4. The van der Waals surface area contributed by atoms with Gasteiger partial charge in [-0.1, -0.05) is 27.2 Å². The lowest BCUT2D eigenvalue weighted by molar-refractivity contribution is -0.117. The molecule has 16 heavy (non-hydrogen) atoms. The van der Waals surface area contributed by atoms with Crippen molar-refractivity contribution >= 4 is 11.8 Å². The third kappa shape index (κ3) is 6.06. The Morgan fingerprint density at radius 3 is 2.06 bits per heavy atom. The number of carbonyl (C=O) groups is 2. The molecule has 0 atom stereocenters. The van der Waals surface area contributed by atoms with E-state index in [2.05, 4.69) is 5.18 Å². The van der Waals surface area contributed by atoms with Gasteiger partial charge in [0.05, 0.1) is 0 Å². The monoisotopic (exact) mass is 228 g/mol. The fraction of sp³-hybridized carbons (Fsp3) is 0.636. The Hall–Kier alpha value is -1.52. The number of hydrogen-bond acceptors (Lipinski definition) is 3. The van der Waals surface area contributed by atoms with Crippen LogP contribution in [0.3, 0.4) is 0 Å². The van der Waals surface area contributed by atoms with Crippen molar-refractivity contribution in [2.24, 2.45) is 10.9 Å². The van der Waals surface area contributed by atoms with Crippen molar-refractivity contribution < 1.29 is 9.59 Å². The molecule has 0 aliphatic rings. The maximum Gasteiger partial charge on any atom is 0.313 e. The van der Waals surface area contributed by atoms with Crippen molar-refractivity contribution in [2.75, 3.05) is 0 Å². The Kier molecular flexibility index (Phi) is 10.6. The van der Waals surface area contributed by atoms with Gasteiger partial charge in [-0.15, -0.1) is 4.91 Å². The first-order chi connectivity index (χ1) is 7.54. The van der Waals surface area contributed by atoms with Crippen LogP contribution in [0.4, 0.5) is 0 Å². The van der Waals surface area contributed by atoms with Crippen molar-refractivity contribution in [2.45, 2.75) is 47.0 Å². The van der Waals surface area contributed by atoms with Crippen molar-refractivity contribution in [1.29, 1.82) is 0 Å². The predicted octanol–water partition coefficient (Wildman–Crippen LogP) is 2.30. The molecule has 5 heteroatoms. The Labute approximate surface area is 96.1 Å². The largest absolute Gasteiger partial charge is 0.366 e. The number of rotatable bonds is 5. The van der Waals surface area contributed by atoms with Gasteiger partial charge in [0, 0.05) is 16.3 Å². The van der Waals surface area contributed by atoms with E-state index in [1.165, 1.54) is 6.92 Å². The molecule has 2 amide bonds. The molecule has 0 aromatic heterocycles. The average molecular weight is 228 g/mol. The first kappa shape index (κ1) is 16.9. The van der Waals surface area contributed by atoms with Crippen molar-refractivity contribution in [3.63, 3.8) is 0 Å². The fourth-order valence-electron chi connectivity index (χ4n) is 1.01. The molecule has 0 rings (SSSR count). The number of primary amides is 1. The Morgan fingerprint density at radius 1 is 1.25 bits per heavy atom. The van der Waals surface area contributed by atoms with Crippen LogP contribution in [0.5, 0.6) is 0 Å². The van der Waals surface area contributed by atoms with Gasteiger partial charge in [0.25, 0.3) is 0 Å². The second kappa shape index (κ2) is 10.0. The quantitative estimate of drug-likeness (QED) is 0.578. The fourth-order valence-corrected chi connectivity index (χ4v) is 1.01. The molecule has 0 fully saturated rings. The van der Waals surface area contributed by atoms with Crippen LogP contribution in [-0.2, 0) is 9.59 Å². The van der Waals surface area contributed by atoms with E-state index >= 15 is 0 Å². The molecule has 0 saturated carbocycles. The van der Waals surface area contributed by atoms with E-state index in [0.29, 0.717) is 6.42 Å². The lowest BCUT2D eigenvalue weighted by Crippen LogP contribution is -2.16. The zero-order valence-corrected chi connectivity index (χ0v) is 10.4. The van der Waals surface area contributed by atoms with Crippen LogP contribution in [0.25, 0.3) is 0 Å². The smallest absolute Gasteiger partial charge is 0.313 e. The summed E-state index contributed by atoms with van der Waals surface area (Å²) in [6, 6.07) is 0. The summed E-state index contributed by atoms with van der Waals surface area (Å²) < 4.78 is 0. The van der Waals surface area contributed by atoms with E-state index in [0.717, 1.165) is 12.8 Å². The molecule has 0 unspecified atom stereocenters. The van der Waals surface area contributed by atoms with Gasteiger partial charge in [0.2, 0.25) is 5.91 Å². The molecule has 92 valence electrons. The summed E-state index contributed by atoms with van der Waals surface area (Å²) in [6.45, 7) is 7.37. The normalized spacial score (nSPS) is 10.8. The lowest BCUT2D eigenvalue weighted by Gasteiger charge is -2.03. The molecule has 0 heterocycles. The number of nitrogens with two attached hydrogens (primary N) is 1. The second-order valence-electron chi connectivity index (χ2n) is 2.97. The van der Waals surface area contributed by atoms with Crippen LogP contribution in [0.15, 0.2) is 16.3 Å². The summed E-state index contributed by atoms with van der Waals surface area (Å²) >= 11 is 0. The summed E-state index contributed by atoms with van der Waals surface area (Å²) in [7, 11) is 0. The standard InChI is InChI=1S/C9H14N2O3.C2H6/c1-3-4-5-7(9(13)11-14)6(2)8(10)12;1-2/h3-5H2,1-2H3,(H2,10,12);1-2H3/b7-6-;. The van der Waals surface area contributed by atoms with Gasteiger partial charge in [0.15, 0.2) is 0 Å². The molecule has 2 N–H and O–H groups in total. The molecular weight excluding hydrogens is 208 g/mol. The molecule has 0 aromatic rings. The molecule has 0 aliphatic heterocycles. The first-order valence-corrected chi connectivity index (χ1v) is 5.41. The molecule has 5 nitrogen and oxygen atoms in total. The number of carbonyl (C=O) groups excluding carboxylic acids is 2. The van der Waals surface area contributed by atoms with E-state index in [-0.39, 0.29) is 11.1 Å². The first-order valence-electron chi connectivity index (χ1n) is 5.41. The number of hydrogen-bond donors (Lipinski definition) is 1. The van der Waals surface area contributed by atoms with Crippen LogP contribution in [0.1, 0.15) is 47.0 Å². The molecule has 0 saturated heterocycles. The van der Waals surface area contributed by atoms with Crippen molar-refractivity contribution in [1.82, 2.24) is 0 Å². The Balaban J connectivity index is 0. The van der Waals surface area contributed by atoms with Gasteiger partial charge >= 0.3 is 5.91 Å². The van der Waals surface area contributed by atoms with Gasteiger partial charge in [-0.2, -0.15) is 0 Å². The summed E-state index contributed by atoms with van der Waals surface area (Å²) in [5, 5.41) is 2.29. The van der Waals surface area contributed by atoms with Gasteiger partial charge < -0.3 is 5.73 Å². The maximum absolute atomic E-state index is 11.0. The van der Waals surface area contributed by atoms with Crippen molar-refractivity contribution in [3.8, 4) is 0 Å². The maximum atomic E-state index is 11.0. The van der Waals surface area contributed by atoms with Crippen LogP contribution in [-0.4, -0.2) is 11.8 Å². The third-order valence-electron chi connectivity index (χ3n) is 1.94. The average Bonchev–Trinajstić information content (AvgIpc) is 2.31. The molecule has 0 spiro atoms. The van der Waals surface area contributed by atoms with Gasteiger partial charge in [-0.3, -0.25) is 9.59 Å². The van der Waals surface area contributed by atoms with Gasteiger partial charge in [-0.05, 0) is 19.8 Å². The minimum atomic E-state index is -0.894. The summed E-state index contributed by atoms with van der Waals surface area (Å²) in [6.07, 6.45) is 1.96. The predicted molar refractivity (Wildman–Crippen MR) is 63.6 cm³/mol. The second-order valence-corrected chi connectivity index (χ2v) is 2.97. The third-order valence-corrected chi connectivity index (χ3v) is 1.94. The topological polar surface area (TPSA) is 89.6 Å². The van der Waals surface area contributed by atoms with E-state index in [1.54, 1.807) is 0 Å². The zero-order chi connectivity index (χ0) is 13.1. The molecule has 0 aliphatic carbocycles. The number of unbranched alkanes of at least 4 members (excludes halogenated alkanes) is 1. The summed E-state index contributed by atoms with van der Waals surface area (Å²) in [5.74, 6) is -1.58. The number of amides is 2. The Morgan fingerprint density at radius 2 is 1.75 bits per heavy atom. The molecule has 0 radical (unpaired) electrons.